The first-order valence-corrected chi connectivity index (χ1v) is 9.55. The third kappa shape index (κ3) is 2.87. The van der Waals surface area contributed by atoms with Gasteiger partial charge in [0.25, 0.3) is 0 Å². The molecule has 2 fully saturated rings. The van der Waals surface area contributed by atoms with Crippen LogP contribution in [0.25, 0.3) is 11.3 Å². The number of fused-ring (bicyclic) bond motifs is 1. The van der Waals surface area contributed by atoms with Crippen LogP contribution < -0.4 is 0 Å². The first-order chi connectivity index (χ1) is 12.2. The predicted octanol–water partition coefficient (Wildman–Crippen LogP) is 2.20. The van der Waals surface area contributed by atoms with Gasteiger partial charge in [0.15, 0.2) is 0 Å². The summed E-state index contributed by atoms with van der Waals surface area (Å²) < 4.78 is 4.34. The Balaban J connectivity index is 1.33. The number of carbonyl (C=O) groups is 1. The minimum atomic E-state index is 0.269. The predicted molar refractivity (Wildman–Crippen MR) is 93.7 cm³/mol. The molecular weight excluding hydrogens is 314 g/mol. The molecule has 2 atom stereocenters. The van der Waals surface area contributed by atoms with E-state index in [1.165, 1.54) is 12.8 Å². The lowest BCUT2D eigenvalue weighted by atomic mass is 10.2. The fraction of sp³-hybridized carbons (Fsp3) is 0.632. The van der Waals surface area contributed by atoms with Crippen molar-refractivity contribution in [2.75, 3.05) is 13.1 Å². The maximum absolute atomic E-state index is 12.5. The zero-order valence-electron chi connectivity index (χ0n) is 14.8. The molecule has 25 heavy (non-hydrogen) atoms. The van der Waals surface area contributed by atoms with Crippen LogP contribution in [0.2, 0.25) is 0 Å². The van der Waals surface area contributed by atoms with E-state index in [0.29, 0.717) is 11.8 Å². The fourth-order valence-corrected chi connectivity index (χ4v) is 3.94. The summed E-state index contributed by atoms with van der Waals surface area (Å²) in [5.41, 5.74) is 2.26. The molecule has 2 saturated carbocycles. The molecule has 0 N–H and O–H groups in total. The number of hydrogen-bond donors (Lipinski definition) is 0. The van der Waals surface area contributed by atoms with Crippen LogP contribution in [0.1, 0.15) is 32.0 Å². The van der Waals surface area contributed by atoms with E-state index >= 15 is 0 Å². The second kappa shape index (κ2) is 5.71. The van der Waals surface area contributed by atoms with E-state index in [1.54, 1.807) is 0 Å². The summed E-state index contributed by atoms with van der Waals surface area (Å²) in [6, 6.07) is 0. The number of hydrogen-bond acceptors (Lipinski definition) is 3. The van der Waals surface area contributed by atoms with Gasteiger partial charge in [-0.05, 0) is 31.1 Å². The summed E-state index contributed by atoms with van der Waals surface area (Å²) in [5, 5.41) is 4.52. The van der Waals surface area contributed by atoms with Gasteiger partial charge in [0, 0.05) is 50.3 Å². The highest BCUT2D eigenvalue weighted by molar-refractivity contribution is 5.81. The topological polar surface area (TPSA) is 56.0 Å². The Morgan fingerprint density at radius 2 is 2.08 bits per heavy atom. The Bertz CT molecular complexity index is 803. The summed E-state index contributed by atoms with van der Waals surface area (Å²) >= 11 is 0. The van der Waals surface area contributed by atoms with Gasteiger partial charge in [-0.2, -0.15) is 5.10 Å². The number of imidazole rings is 1. The SMILES string of the molecule is C[C@H]1C[C@@H]1C(=O)N1CCc2ncc(-c3cnn(CC4CC4)c3)n2CC1. The minimum Gasteiger partial charge on any atom is -0.340 e. The van der Waals surface area contributed by atoms with Crippen molar-refractivity contribution in [3.8, 4) is 11.3 Å². The molecule has 0 radical (unpaired) electrons. The third-order valence-corrected chi connectivity index (χ3v) is 5.95. The first-order valence-electron chi connectivity index (χ1n) is 9.55. The Morgan fingerprint density at radius 3 is 2.84 bits per heavy atom. The average Bonchev–Trinajstić information content (AvgIpc) is 3.48. The van der Waals surface area contributed by atoms with E-state index in [1.807, 2.05) is 17.3 Å². The molecule has 0 bridgehead atoms. The second-order valence-electron chi connectivity index (χ2n) is 8.00. The van der Waals surface area contributed by atoms with Crippen molar-refractivity contribution < 1.29 is 4.79 Å². The zero-order chi connectivity index (χ0) is 17.0. The lowest BCUT2D eigenvalue weighted by molar-refractivity contribution is -0.132. The van der Waals surface area contributed by atoms with Crippen LogP contribution in [0, 0.1) is 17.8 Å². The number of rotatable bonds is 4. The summed E-state index contributed by atoms with van der Waals surface area (Å²) in [6.07, 6.45) is 10.6. The Labute approximate surface area is 147 Å². The van der Waals surface area contributed by atoms with Gasteiger partial charge in [-0.1, -0.05) is 6.92 Å². The standard InChI is InChI=1S/C19H25N5O/c1-13-8-16(13)19(25)22-5-4-18-20-10-17(24(18)7-6-22)15-9-21-23(12-15)11-14-2-3-14/h9-10,12-14,16H,2-8,11H2,1H3/t13-,16-/m0/s1. The zero-order valence-corrected chi connectivity index (χ0v) is 14.8. The molecule has 0 spiro atoms. The smallest absolute Gasteiger partial charge is 0.226 e. The van der Waals surface area contributed by atoms with E-state index in [9.17, 15) is 4.79 Å². The van der Waals surface area contributed by atoms with Crippen LogP contribution in [-0.4, -0.2) is 43.2 Å². The summed E-state index contributed by atoms with van der Waals surface area (Å²) in [7, 11) is 0. The third-order valence-electron chi connectivity index (χ3n) is 5.95. The lowest BCUT2D eigenvalue weighted by Crippen LogP contribution is -2.35. The fourth-order valence-electron chi connectivity index (χ4n) is 3.94. The number of aromatic nitrogens is 4. The molecule has 0 aromatic carbocycles. The van der Waals surface area contributed by atoms with Crippen molar-refractivity contribution in [2.24, 2.45) is 17.8 Å². The molecular formula is C19H25N5O. The van der Waals surface area contributed by atoms with Gasteiger partial charge in [-0.3, -0.25) is 9.48 Å². The molecule has 6 nitrogen and oxygen atoms in total. The van der Waals surface area contributed by atoms with Crippen LogP contribution in [0.5, 0.6) is 0 Å². The molecule has 2 aromatic heterocycles. The molecule has 3 aliphatic rings. The van der Waals surface area contributed by atoms with Crippen molar-refractivity contribution in [1.82, 2.24) is 24.2 Å². The molecule has 3 heterocycles. The van der Waals surface area contributed by atoms with E-state index in [4.69, 9.17) is 0 Å². The first kappa shape index (κ1) is 15.2. The monoisotopic (exact) mass is 339 g/mol. The molecule has 5 rings (SSSR count). The van der Waals surface area contributed by atoms with Gasteiger partial charge < -0.3 is 9.47 Å². The van der Waals surface area contributed by atoms with E-state index < -0.39 is 0 Å². The summed E-state index contributed by atoms with van der Waals surface area (Å²) in [6.45, 7) is 5.60. The highest BCUT2D eigenvalue weighted by atomic mass is 16.2. The molecule has 1 amide bonds. The second-order valence-corrected chi connectivity index (χ2v) is 8.00. The molecule has 0 unspecified atom stereocenters. The molecule has 2 aliphatic carbocycles. The highest BCUT2D eigenvalue weighted by Gasteiger charge is 2.41. The van der Waals surface area contributed by atoms with Gasteiger partial charge in [0.2, 0.25) is 5.91 Å². The van der Waals surface area contributed by atoms with Crippen molar-refractivity contribution in [3.63, 3.8) is 0 Å². The lowest BCUT2D eigenvalue weighted by Gasteiger charge is -2.20. The highest BCUT2D eigenvalue weighted by Crippen LogP contribution is 2.39. The molecule has 0 saturated heterocycles. The van der Waals surface area contributed by atoms with Crippen LogP contribution in [0.4, 0.5) is 0 Å². The van der Waals surface area contributed by atoms with Gasteiger partial charge >= 0.3 is 0 Å². The van der Waals surface area contributed by atoms with Gasteiger partial charge in [0.1, 0.15) is 5.82 Å². The number of amides is 1. The van der Waals surface area contributed by atoms with E-state index in [-0.39, 0.29) is 5.92 Å². The van der Waals surface area contributed by atoms with Crippen LogP contribution in [0.15, 0.2) is 18.6 Å². The quantitative estimate of drug-likeness (QED) is 0.858. The molecule has 1 aliphatic heterocycles. The maximum atomic E-state index is 12.5. The van der Waals surface area contributed by atoms with Crippen LogP contribution >= 0.6 is 0 Å². The maximum Gasteiger partial charge on any atom is 0.226 e. The Morgan fingerprint density at radius 1 is 1.24 bits per heavy atom. The van der Waals surface area contributed by atoms with E-state index in [2.05, 4.69) is 32.5 Å². The van der Waals surface area contributed by atoms with E-state index in [0.717, 1.165) is 62.0 Å². The molecule has 132 valence electrons. The van der Waals surface area contributed by atoms with Crippen molar-refractivity contribution in [2.45, 2.75) is 45.7 Å². The Hall–Kier alpha value is -2.11. The Kier molecular flexibility index (Phi) is 3.47. The van der Waals surface area contributed by atoms with Crippen LogP contribution in [0.3, 0.4) is 0 Å². The summed E-state index contributed by atoms with van der Waals surface area (Å²) in [5.74, 6) is 3.09. The summed E-state index contributed by atoms with van der Waals surface area (Å²) in [4.78, 5) is 19.2. The number of carbonyl (C=O) groups excluding carboxylic acids is 1. The van der Waals surface area contributed by atoms with Crippen molar-refractivity contribution in [1.29, 1.82) is 0 Å². The normalized spacial score (nSPS) is 25.6. The largest absolute Gasteiger partial charge is 0.340 e. The van der Waals surface area contributed by atoms with Crippen molar-refractivity contribution >= 4 is 5.91 Å². The van der Waals surface area contributed by atoms with Gasteiger partial charge in [-0.15, -0.1) is 0 Å². The minimum absolute atomic E-state index is 0.269. The average molecular weight is 339 g/mol. The number of nitrogens with zero attached hydrogens (tertiary/aromatic N) is 5. The molecule has 6 heteroatoms. The van der Waals surface area contributed by atoms with Crippen molar-refractivity contribution in [3.05, 3.63) is 24.4 Å². The molecule has 2 aromatic rings. The van der Waals surface area contributed by atoms with Crippen LogP contribution in [-0.2, 0) is 24.3 Å². The van der Waals surface area contributed by atoms with Gasteiger partial charge in [-0.25, -0.2) is 4.98 Å². The van der Waals surface area contributed by atoms with Gasteiger partial charge in [0.05, 0.1) is 18.1 Å².